The zero-order valence-electron chi connectivity index (χ0n) is 16.8. The number of rotatable bonds is 2. The van der Waals surface area contributed by atoms with E-state index in [1.807, 2.05) is 27.4 Å². The van der Waals surface area contributed by atoms with Gasteiger partial charge in [-0.15, -0.1) is 0 Å². The van der Waals surface area contributed by atoms with Gasteiger partial charge in [0.1, 0.15) is 12.9 Å². The summed E-state index contributed by atoms with van der Waals surface area (Å²) >= 11 is 9.91. The van der Waals surface area contributed by atoms with E-state index in [4.69, 9.17) is 26.4 Å². The van der Waals surface area contributed by atoms with Crippen molar-refractivity contribution in [3.05, 3.63) is 45.7 Å². The first-order valence-corrected chi connectivity index (χ1v) is 10.8. The number of aromatic nitrogens is 5. The molecule has 5 rings (SSSR count). The van der Waals surface area contributed by atoms with E-state index in [1.165, 1.54) is 0 Å². The number of imidazole rings is 1. The minimum Gasteiger partial charge on any atom is -0.447 e. The smallest absolute Gasteiger partial charge is 0.410 e. The molecule has 2 aliphatic rings. The van der Waals surface area contributed by atoms with E-state index in [2.05, 4.69) is 41.7 Å². The van der Waals surface area contributed by atoms with Gasteiger partial charge in [-0.25, -0.2) is 19.4 Å². The molecule has 2 aromatic heterocycles. The predicted octanol–water partition coefficient (Wildman–Crippen LogP) is 4.28. The average molecular weight is 492 g/mol. The molecule has 1 amide bonds. The number of amides is 1. The number of cyclic esters (lactones) is 1. The molecule has 3 aromatic rings. The Morgan fingerprint density at radius 3 is 2.90 bits per heavy atom. The largest absolute Gasteiger partial charge is 0.447 e. The Morgan fingerprint density at radius 2 is 2.13 bits per heavy atom. The number of hydrogen-bond acceptors (Lipinski definition) is 5. The molecule has 1 saturated heterocycles. The van der Waals surface area contributed by atoms with Crippen LogP contribution in [-0.2, 0) is 17.8 Å². The van der Waals surface area contributed by atoms with Crippen molar-refractivity contribution in [1.82, 2.24) is 29.2 Å². The Hall–Kier alpha value is -2.39. The number of halogens is 2. The lowest BCUT2D eigenvalue weighted by Crippen LogP contribution is -2.42. The van der Waals surface area contributed by atoms with Gasteiger partial charge >= 0.3 is 6.09 Å². The van der Waals surface area contributed by atoms with Crippen molar-refractivity contribution in [2.75, 3.05) is 6.61 Å². The van der Waals surface area contributed by atoms with Gasteiger partial charge in [-0.3, -0.25) is 9.47 Å². The second-order valence-electron chi connectivity index (χ2n) is 8.61. The van der Waals surface area contributed by atoms with Gasteiger partial charge in [-0.05, 0) is 23.6 Å². The topological polar surface area (TPSA) is 78.1 Å². The predicted molar refractivity (Wildman–Crippen MR) is 115 cm³/mol. The van der Waals surface area contributed by atoms with Crippen LogP contribution in [0, 0.1) is 5.41 Å². The van der Waals surface area contributed by atoms with Crippen LogP contribution in [0.15, 0.2) is 29.0 Å². The van der Waals surface area contributed by atoms with E-state index >= 15 is 0 Å². The number of carbonyl (C=O) groups is 1. The van der Waals surface area contributed by atoms with Crippen LogP contribution in [0.4, 0.5) is 4.79 Å². The molecule has 1 aromatic carbocycles. The van der Waals surface area contributed by atoms with Crippen LogP contribution in [0.1, 0.15) is 32.3 Å². The van der Waals surface area contributed by atoms with E-state index in [0.717, 1.165) is 27.2 Å². The third kappa shape index (κ3) is 3.11. The SMILES string of the molecule is CC(C)(C)[C@@H]1COC(=O)N1Cc1nc2n(n1)Cc1c(Cl)ncn1-c1ccc(Br)cc1-2. The second kappa shape index (κ2) is 6.81. The van der Waals surface area contributed by atoms with Crippen molar-refractivity contribution in [1.29, 1.82) is 0 Å². The van der Waals surface area contributed by atoms with Crippen molar-refractivity contribution in [3.63, 3.8) is 0 Å². The normalized spacial score (nSPS) is 18.0. The highest BCUT2D eigenvalue weighted by molar-refractivity contribution is 9.10. The number of nitrogens with zero attached hydrogens (tertiary/aromatic N) is 6. The fourth-order valence-corrected chi connectivity index (χ4v) is 4.56. The molecule has 2 aliphatic heterocycles. The highest BCUT2D eigenvalue weighted by Crippen LogP contribution is 2.35. The quantitative estimate of drug-likeness (QED) is 0.418. The van der Waals surface area contributed by atoms with Crippen molar-refractivity contribution in [3.8, 4) is 17.1 Å². The van der Waals surface area contributed by atoms with Crippen molar-refractivity contribution in [2.45, 2.75) is 39.9 Å². The van der Waals surface area contributed by atoms with Crippen molar-refractivity contribution >= 4 is 33.6 Å². The molecule has 4 heterocycles. The summed E-state index contributed by atoms with van der Waals surface area (Å²) in [7, 11) is 0. The van der Waals surface area contributed by atoms with Gasteiger partial charge in [0.05, 0.1) is 30.5 Å². The highest BCUT2D eigenvalue weighted by atomic mass is 79.9. The van der Waals surface area contributed by atoms with Gasteiger partial charge in [0.25, 0.3) is 0 Å². The van der Waals surface area contributed by atoms with Crippen LogP contribution in [0.25, 0.3) is 17.1 Å². The van der Waals surface area contributed by atoms with Gasteiger partial charge in [-0.2, -0.15) is 5.10 Å². The lowest BCUT2D eigenvalue weighted by atomic mass is 9.87. The minimum absolute atomic E-state index is 0.0365. The van der Waals surface area contributed by atoms with E-state index in [0.29, 0.717) is 24.1 Å². The highest BCUT2D eigenvalue weighted by Gasteiger charge is 2.41. The maximum atomic E-state index is 12.4. The number of ether oxygens (including phenoxy) is 1. The summed E-state index contributed by atoms with van der Waals surface area (Å²) in [5.74, 6) is 1.29. The fourth-order valence-electron chi connectivity index (χ4n) is 4.00. The first kappa shape index (κ1) is 19.6. The summed E-state index contributed by atoms with van der Waals surface area (Å²) in [5.41, 5.74) is 2.56. The van der Waals surface area contributed by atoms with E-state index in [1.54, 1.807) is 11.2 Å². The molecule has 0 N–H and O–H groups in total. The Morgan fingerprint density at radius 1 is 1.33 bits per heavy atom. The summed E-state index contributed by atoms with van der Waals surface area (Å²) in [6.07, 6.45) is 1.38. The molecule has 0 radical (unpaired) electrons. The molecule has 0 saturated carbocycles. The van der Waals surface area contributed by atoms with Crippen LogP contribution >= 0.6 is 27.5 Å². The molecule has 156 valence electrons. The second-order valence-corrected chi connectivity index (χ2v) is 9.88. The van der Waals surface area contributed by atoms with E-state index < -0.39 is 0 Å². The molecule has 0 unspecified atom stereocenters. The summed E-state index contributed by atoms with van der Waals surface area (Å²) in [5, 5.41) is 5.15. The fraction of sp³-hybridized carbons (Fsp3) is 0.400. The zero-order valence-corrected chi connectivity index (χ0v) is 19.1. The van der Waals surface area contributed by atoms with Crippen molar-refractivity contribution < 1.29 is 9.53 Å². The summed E-state index contributed by atoms with van der Waals surface area (Å²) in [4.78, 5) is 23.1. The zero-order chi connectivity index (χ0) is 21.2. The van der Waals surface area contributed by atoms with E-state index in [-0.39, 0.29) is 24.1 Å². The monoisotopic (exact) mass is 490 g/mol. The Bertz CT molecular complexity index is 1160. The standard InChI is InChI=1S/C20H20BrClN6O2/c1-20(2,3)15-9-30-19(29)26(15)8-16-24-18-12-6-11(21)4-5-13(12)27-10-23-17(22)14(27)7-28(18)25-16/h4-6,10,15H,7-9H2,1-3H3/t15-/m0/s1. The van der Waals surface area contributed by atoms with Gasteiger partial charge in [0, 0.05) is 10.0 Å². The molecular formula is C20H20BrClN6O2. The lowest BCUT2D eigenvalue weighted by Gasteiger charge is -2.31. The molecule has 0 bridgehead atoms. The number of fused-ring (bicyclic) bond motifs is 5. The first-order valence-electron chi connectivity index (χ1n) is 9.61. The van der Waals surface area contributed by atoms with Gasteiger partial charge in [0.15, 0.2) is 16.8 Å². The third-order valence-electron chi connectivity index (χ3n) is 5.58. The van der Waals surface area contributed by atoms with Crippen LogP contribution in [0.5, 0.6) is 0 Å². The third-order valence-corrected chi connectivity index (χ3v) is 6.39. The number of benzene rings is 1. The minimum atomic E-state index is -0.329. The molecule has 30 heavy (non-hydrogen) atoms. The van der Waals surface area contributed by atoms with E-state index in [9.17, 15) is 4.79 Å². The molecule has 8 nitrogen and oxygen atoms in total. The average Bonchev–Trinajstić information content (AvgIpc) is 3.33. The van der Waals surface area contributed by atoms with Gasteiger partial charge in [0.2, 0.25) is 0 Å². The number of hydrogen-bond donors (Lipinski definition) is 0. The van der Waals surface area contributed by atoms with Crippen LogP contribution in [0.2, 0.25) is 5.15 Å². The van der Waals surface area contributed by atoms with Crippen LogP contribution < -0.4 is 0 Å². The molecule has 1 atom stereocenters. The Labute approximate surface area is 186 Å². The molecule has 0 aliphatic carbocycles. The molecular weight excluding hydrogens is 472 g/mol. The maximum absolute atomic E-state index is 12.4. The van der Waals surface area contributed by atoms with Gasteiger partial charge in [-0.1, -0.05) is 48.3 Å². The van der Waals surface area contributed by atoms with Crippen molar-refractivity contribution in [2.24, 2.45) is 5.41 Å². The Balaban J connectivity index is 1.58. The number of carbonyl (C=O) groups excluding carboxylic acids is 1. The lowest BCUT2D eigenvalue weighted by molar-refractivity contribution is 0.143. The molecule has 1 fully saturated rings. The first-order chi connectivity index (χ1) is 14.2. The Kier molecular flexibility index (Phi) is 4.44. The molecule has 0 spiro atoms. The van der Waals surface area contributed by atoms with Gasteiger partial charge < -0.3 is 4.74 Å². The summed E-state index contributed by atoms with van der Waals surface area (Å²) in [6.45, 7) is 7.39. The summed E-state index contributed by atoms with van der Waals surface area (Å²) < 4.78 is 10.0. The van der Waals surface area contributed by atoms with Crippen LogP contribution in [-0.4, -0.2) is 48.0 Å². The van der Waals surface area contributed by atoms with Crippen LogP contribution in [0.3, 0.4) is 0 Å². The molecule has 10 heteroatoms. The maximum Gasteiger partial charge on any atom is 0.410 e. The summed E-state index contributed by atoms with van der Waals surface area (Å²) in [6, 6.07) is 5.94.